The lowest BCUT2D eigenvalue weighted by molar-refractivity contribution is -0.137. The number of hydrogen-bond acceptors (Lipinski definition) is 2. The summed E-state index contributed by atoms with van der Waals surface area (Å²) >= 11 is 0. The summed E-state index contributed by atoms with van der Waals surface area (Å²) in [6, 6.07) is 11.7. The molecule has 2 aromatic rings. The van der Waals surface area contributed by atoms with Gasteiger partial charge >= 0.3 is 12.3 Å². The average Bonchev–Trinajstić information content (AvgIpc) is 2.46. The summed E-state index contributed by atoms with van der Waals surface area (Å²) in [5.74, 6) is 0.308. The monoisotopic (exact) mass is 309 g/mol. The average molecular weight is 309 g/mol. The molecule has 0 bridgehead atoms. The van der Waals surface area contributed by atoms with Gasteiger partial charge in [0, 0.05) is 5.69 Å². The number of carbonyl (C=O) groups is 1. The van der Waals surface area contributed by atoms with Gasteiger partial charge < -0.3 is 4.74 Å². The first kappa shape index (κ1) is 15.9. The summed E-state index contributed by atoms with van der Waals surface area (Å²) in [6.07, 6.45) is -4.88. The van der Waals surface area contributed by atoms with Crippen molar-refractivity contribution in [3.8, 4) is 5.75 Å². The Kier molecular flexibility index (Phi) is 4.70. The Labute approximate surface area is 125 Å². The number of halogens is 3. The molecular weight excluding hydrogens is 295 g/mol. The van der Waals surface area contributed by atoms with E-state index in [4.69, 9.17) is 4.74 Å². The molecule has 0 radical (unpaired) electrons. The fraction of sp³-hybridized carbons (Fsp3) is 0.188. The van der Waals surface area contributed by atoms with E-state index >= 15 is 0 Å². The largest absolute Gasteiger partial charge is 0.417 e. The fourth-order valence-corrected chi connectivity index (χ4v) is 1.87. The van der Waals surface area contributed by atoms with Gasteiger partial charge in [-0.15, -0.1) is 0 Å². The Hall–Kier alpha value is -2.50. The van der Waals surface area contributed by atoms with E-state index in [0.29, 0.717) is 17.7 Å². The molecule has 6 heteroatoms. The van der Waals surface area contributed by atoms with Crippen LogP contribution in [0.5, 0.6) is 5.75 Å². The molecule has 0 fully saturated rings. The molecule has 22 heavy (non-hydrogen) atoms. The van der Waals surface area contributed by atoms with Crippen molar-refractivity contribution in [1.29, 1.82) is 0 Å². The smallest absolute Gasteiger partial charge is 0.410 e. The Morgan fingerprint density at radius 3 is 2.41 bits per heavy atom. The number of hydrogen-bond donors (Lipinski definition) is 1. The van der Waals surface area contributed by atoms with Crippen LogP contribution in [0.25, 0.3) is 0 Å². The van der Waals surface area contributed by atoms with Crippen LogP contribution in [0.2, 0.25) is 0 Å². The molecule has 0 aliphatic rings. The van der Waals surface area contributed by atoms with Crippen molar-refractivity contribution in [1.82, 2.24) is 0 Å². The van der Waals surface area contributed by atoms with Crippen LogP contribution >= 0.6 is 0 Å². The molecule has 0 atom stereocenters. The standard InChI is InChI=1S/C16H14F3NO2/c1-2-11-8-12(16(17,18)19)10-13(9-11)20-15(21)22-14-6-4-3-5-7-14/h3-10H,2H2,1H3,(H,20,21). The summed E-state index contributed by atoms with van der Waals surface area (Å²) in [7, 11) is 0. The van der Waals surface area contributed by atoms with E-state index < -0.39 is 17.8 Å². The number of rotatable bonds is 3. The van der Waals surface area contributed by atoms with Crippen molar-refractivity contribution in [2.24, 2.45) is 0 Å². The lowest BCUT2D eigenvalue weighted by atomic mass is 10.1. The fourth-order valence-electron chi connectivity index (χ4n) is 1.87. The highest BCUT2D eigenvalue weighted by atomic mass is 19.4. The van der Waals surface area contributed by atoms with Gasteiger partial charge in [-0.3, -0.25) is 5.32 Å². The molecule has 1 N–H and O–H groups in total. The minimum absolute atomic E-state index is 0.0487. The van der Waals surface area contributed by atoms with Crippen molar-refractivity contribution in [3.63, 3.8) is 0 Å². The zero-order valence-electron chi connectivity index (χ0n) is 11.8. The third-order valence-corrected chi connectivity index (χ3v) is 2.93. The molecule has 2 rings (SSSR count). The van der Waals surface area contributed by atoms with E-state index in [1.807, 2.05) is 0 Å². The molecular formula is C16H14F3NO2. The highest BCUT2D eigenvalue weighted by molar-refractivity contribution is 5.86. The van der Waals surface area contributed by atoms with Crippen molar-refractivity contribution in [2.45, 2.75) is 19.5 Å². The van der Waals surface area contributed by atoms with Crippen LogP contribution in [0.15, 0.2) is 48.5 Å². The molecule has 0 spiro atoms. The van der Waals surface area contributed by atoms with Gasteiger partial charge in [0.1, 0.15) is 5.75 Å². The lowest BCUT2D eigenvalue weighted by Gasteiger charge is -2.12. The van der Waals surface area contributed by atoms with E-state index in [-0.39, 0.29) is 5.69 Å². The highest BCUT2D eigenvalue weighted by Crippen LogP contribution is 2.32. The molecule has 0 aliphatic heterocycles. The van der Waals surface area contributed by atoms with Gasteiger partial charge in [0.05, 0.1) is 5.56 Å². The first-order chi connectivity index (χ1) is 10.4. The summed E-state index contributed by atoms with van der Waals surface area (Å²) in [6.45, 7) is 1.74. The van der Waals surface area contributed by atoms with Gasteiger partial charge in [0.2, 0.25) is 0 Å². The van der Waals surface area contributed by atoms with Crippen LogP contribution < -0.4 is 10.1 Å². The Bertz CT molecular complexity index is 654. The minimum atomic E-state index is -4.47. The van der Waals surface area contributed by atoms with Crippen LogP contribution in [0.4, 0.5) is 23.7 Å². The Morgan fingerprint density at radius 1 is 1.14 bits per heavy atom. The van der Waals surface area contributed by atoms with Crippen LogP contribution in [0.3, 0.4) is 0 Å². The number of para-hydroxylation sites is 1. The van der Waals surface area contributed by atoms with E-state index in [0.717, 1.165) is 12.1 Å². The van der Waals surface area contributed by atoms with Gasteiger partial charge in [0.15, 0.2) is 0 Å². The molecule has 0 saturated carbocycles. The first-order valence-corrected chi connectivity index (χ1v) is 6.63. The third-order valence-electron chi connectivity index (χ3n) is 2.93. The van der Waals surface area contributed by atoms with Crippen molar-refractivity contribution < 1.29 is 22.7 Å². The number of benzene rings is 2. The van der Waals surface area contributed by atoms with Crippen LogP contribution in [0, 0.1) is 0 Å². The Balaban J connectivity index is 2.16. The number of nitrogens with one attached hydrogen (secondary N) is 1. The zero-order valence-corrected chi connectivity index (χ0v) is 11.8. The molecule has 0 aromatic heterocycles. The number of amides is 1. The number of anilines is 1. The second kappa shape index (κ2) is 6.51. The maximum absolute atomic E-state index is 12.8. The zero-order chi connectivity index (χ0) is 16.2. The number of aryl methyl sites for hydroxylation is 1. The van der Waals surface area contributed by atoms with Crippen molar-refractivity contribution in [2.75, 3.05) is 5.32 Å². The van der Waals surface area contributed by atoms with Gasteiger partial charge in [-0.1, -0.05) is 25.1 Å². The van der Waals surface area contributed by atoms with Crippen LogP contribution in [-0.4, -0.2) is 6.09 Å². The van der Waals surface area contributed by atoms with Gasteiger partial charge in [-0.2, -0.15) is 13.2 Å². The maximum Gasteiger partial charge on any atom is 0.417 e. The molecule has 0 unspecified atom stereocenters. The van der Waals surface area contributed by atoms with Crippen LogP contribution in [0.1, 0.15) is 18.1 Å². The van der Waals surface area contributed by atoms with E-state index in [9.17, 15) is 18.0 Å². The molecule has 0 saturated heterocycles. The molecule has 0 aliphatic carbocycles. The predicted molar refractivity (Wildman–Crippen MR) is 76.9 cm³/mol. The summed E-state index contributed by atoms with van der Waals surface area (Å²) in [4.78, 5) is 11.7. The minimum Gasteiger partial charge on any atom is -0.410 e. The van der Waals surface area contributed by atoms with Gasteiger partial charge in [0.25, 0.3) is 0 Å². The first-order valence-electron chi connectivity index (χ1n) is 6.63. The lowest BCUT2D eigenvalue weighted by Crippen LogP contribution is -2.17. The predicted octanol–water partition coefficient (Wildman–Crippen LogP) is 4.88. The van der Waals surface area contributed by atoms with E-state index in [2.05, 4.69) is 5.32 Å². The number of alkyl halides is 3. The van der Waals surface area contributed by atoms with Gasteiger partial charge in [-0.05, 0) is 42.3 Å². The second-order valence-corrected chi connectivity index (χ2v) is 4.60. The SMILES string of the molecule is CCc1cc(NC(=O)Oc2ccccc2)cc(C(F)(F)F)c1. The maximum atomic E-state index is 12.8. The molecule has 0 heterocycles. The second-order valence-electron chi connectivity index (χ2n) is 4.60. The number of ether oxygens (including phenoxy) is 1. The highest BCUT2D eigenvalue weighted by Gasteiger charge is 2.31. The summed E-state index contributed by atoms with van der Waals surface area (Å²) in [5, 5.41) is 2.32. The quantitative estimate of drug-likeness (QED) is 0.877. The molecule has 2 aromatic carbocycles. The van der Waals surface area contributed by atoms with E-state index in [1.165, 1.54) is 6.07 Å². The summed E-state index contributed by atoms with van der Waals surface area (Å²) in [5.41, 5.74) is -0.278. The molecule has 3 nitrogen and oxygen atoms in total. The van der Waals surface area contributed by atoms with Crippen LogP contribution in [-0.2, 0) is 12.6 Å². The van der Waals surface area contributed by atoms with Crippen molar-refractivity contribution >= 4 is 11.8 Å². The topological polar surface area (TPSA) is 38.3 Å². The number of carbonyl (C=O) groups excluding carboxylic acids is 1. The van der Waals surface area contributed by atoms with Crippen molar-refractivity contribution in [3.05, 3.63) is 59.7 Å². The normalized spacial score (nSPS) is 11.1. The Morgan fingerprint density at radius 2 is 1.82 bits per heavy atom. The van der Waals surface area contributed by atoms with E-state index in [1.54, 1.807) is 37.3 Å². The van der Waals surface area contributed by atoms with Gasteiger partial charge in [-0.25, -0.2) is 4.79 Å². The molecule has 116 valence electrons. The summed E-state index contributed by atoms with van der Waals surface area (Å²) < 4.78 is 43.5. The molecule has 1 amide bonds. The third kappa shape index (κ3) is 4.25.